The predicted octanol–water partition coefficient (Wildman–Crippen LogP) is 3.36. The van der Waals surface area contributed by atoms with Crippen molar-refractivity contribution in [1.82, 2.24) is 10.6 Å². The zero-order valence-corrected chi connectivity index (χ0v) is 15.6. The van der Waals surface area contributed by atoms with E-state index in [0.29, 0.717) is 11.1 Å². The summed E-state index contributed by atoms with van der Waals surface area (Å²) in [7, 11) is 0. The Bertz CT molecular complexity index is 556. The van der Waals surface area contributed by atoms with Crippen molar-refractivity contribution in [3.05, 3.63) is 34.9 Å². The predicted molar refractivity (Wildman–Crippen MR) is 98.1 cm³/mol. The molecule has 1 aliphatic rings. The molecule has 24 heavy (non-hydrogen) atoms. The van der Waals surface area contributed by atoms with Crippen LogP contribution in [0.4, 0.5) is 0 Å². The monoisotopic (exact) mass is 352 g/mol. The molecule has 134 valence electrons. The highest BCUT2D eigenvalue weighted by molar-refractivity contribution is 6.30. The minimum absolute atomic E-state index is 0.275. The van der Waals surface area contributed by atoms with Crippen LogP contribution in [0.5, 0.6) is 0 Å². The highest BCUT2D eigenvalue weighted by Crippen LogP contribution is 2.23. The molecule has 2 atom stereocenters. The van der Waals surface area contributed by atoms with Crippen molar-refractivity contribution >= 4 is 17.5 Å². The standard InChI is InChI=1S/C19H29ClN2O2/c1-13(21-16-10-5-4-6-11-16)17(23)18(24)22-19(2,3)14-8-7-9-15(20)12-14/h7-9,12-13,16-17,21,23H,4-6,10-11H2,1-3H3,(H,22,24). The van der Waals surface area contributed by atoms with Gasteiger partial charge in [-0.1, -0.05) is 43.0 Å². The fourth-order valence-electron chi connectivity index (χ4n) is 3.29. The molecule has 1 amide bonds. The first-order chi connectivity index (χ1) is 11.3. The van der Waals surface area contributed by atoms with Gasteiger partial charge in [0.15, 0.2) is 0 Å². The molecule has 0 bridgehead atoms. The summed E-state index contributed by atoms with van der Waals surface area (Å²) in [4.78, 5) is 12.5. The normalized spacial score (nSPS) is 18.9. The van der Waals surface area contributed by atoms with E-state index >= 15 is 0 Å². The van der Waals surface area contributed by atoms with E-state index in [1.54, 1.807) is 6.07 Å². The Morgan fingerprint density at radius 1 is 1.29 bits per heavy atom. The van der Waals surface area contributed by atoms with E-state index in [1.165, 1.54) is 19.3 Å². The first kappa shape index (κ1) is 19.2. The van der Waals surface area contributed by atoms with Crippen molar-refractivity contribution < 1.29 is 9.90 Å². The Balaban J connectivity index is 1.94. The van der Waals surface area contributed by atoms with Gasteiger partial charge < -0.3 is 15.7 Å². The van der Waals surface area contributed by atoms with Crippen LogP contribution in [0.15, 0.2) is 24.3 Å². The van der Waals surface area contributed by atoms with E-state index in [0.717, 1.165) is 18.4 Å². The SMILES string of the molecule is CC(NC1CCCCC1)C(O)C(=O)NC(C)(C)c1cccc(Cl)c1. The molecule has 4 nitrogen and oxygen atoms in total. The molecule has 0 aromatic heterocycles. The number of aliphatic hydroxyl groups is 1. The van der Waals surface area contributed by atoms with Crippen LogP contribution in [0.25, 0.3) is 0 Å². The van der Waals surface area contributed by atoms with Crippen LogP contribution in [0, 0.1) is 0 Å². The van der Waals surface area contributed by atoms with Gasteiger partial charge in [-0.2, -0.15) is 0 Å². The number of hydrogen-bond donors (Lipinski definition) is 3. The zero-order chi connectivity index (χ0) is 17.7. The van der Waals surface area contributed by atoms with Crippen LogP contribution < -0.4 is 10.6 Å². The molecule has 1 fully saturated rings. The van der Waals surface area contributed by atoms with Gasteiger partial charge in [0.1, 0.15) is 6.10 Å². The summed E-state index contributed by atoms with van der Waals surface area (Å²) >= 11 is 6.04. The maximum atomic E-state index is 12.5. The largest absolute Gasteiger partial charge is 0.382 e. The minimum Gasteiger partial charge on any atom is -0.382 e. The molecule has 0 spiro atoms. The van der Waals surface area contributed by atoms with Crippen LogP contribution in [0.2, 0.25) is 5.02 Å². The van der Waals surface area contributed by atoms with Gasteiger partial charge >= 0.3 is 0 Å². The molecule has 1 aliphatic carbocycles. The summed E-state index contributed by atoms with van der Waals surface area (Å²) in [6.07, 6.45) is 4.87. The Hall–Kier alpha value is -1.10. The minimum atomic E-state index is -1.08. The van der Waals surface area contributed by atoms with Crippen molar-refractivity contribution in [3.63, 3.8) is 0 Å². The summed E-state index contributed by atoms with van der Waals surface area (Å²) < 4.78 is 0. The van der Waals surface area contributed by atoms with Gasteiger partial charge in [-0.15, -0.1) is 0 Å². The summed E-state index contributed by atoms with van der Waals surface area (Å²) in [6.45, 7) is 5.68. The fourth-order valence-corrected chi connectivity index (χ4v) is 3.48. The Labute approximate surface area is 150 Å². The van der Waals surface area contributed by atoms with Gasteiger partial charge in [-0.25, -0.2) is 0 Å². The Kier molecular flexibility index (Phi) is 6.67. The number of benzene rings is 1. The van der Waals surface area contributed by atoms with Gasteiger partial charge in [0.05, 0.1) is 5.54 Å². The number of carbonyl (C=O) groups excluding carboxylic acids is 1. The van der Waals surface area contributed by atoms with Crippen LogP contribution >= 0.6 is 11.6 Å². The highest BCUT2D eigenvalue weighted by Gasteiger charge is 2.30. The van der Waals surface area contributed by atoms with Gasteiger partial charge in [-0.3, -0.25) is 4.79 Å². The topological polar surface area (TPSA) is 61.4 Å². The second kappa shape index (κ2) is 8.32. The van der Waals surface area contributed by atoms with E-state index in [-0.39, 0.29) is 11.9 Å². The molecule has 3 N–H and O–H groups in total. The lowest BCUT2D eigenvalue weighted by Gasteiger charge is -2.32. The van der Waals surface area contributed by atoms with Gasteiger partial charge in [0, 0.05) is 17.1 Å². The first-order valence-electron chi connectivity index (χ1n) is 8.82. The summed E-state index contributed by atoms with van der Waals surface area (Å²) in [6, 6.07) is 7.53. The third-order valence-corrected chi connectivity index (χ3v) is 5.06. The molecule has 2 rings (SSSR count). The maximum absolute atomic E-state index is 12.5. The number of hydrogen-bond acceptors (Lipinski definition) is 3. The molecule has 0 aliphatic heterocycles. The van der Waals surface area contributed by atoms with E-state index in [1.807, 2.05) is 39.0 Å². The van der Waals surface area contributed by atoms with Crippen LogP contribution in [-0.2, 0) is 10.3 Å². The van der Waals surface area contributed by atoms with Crippen LogP contribution in [0.3, 0.4) is 0 Å². The average molecular weight is 353 g/mol. The number of halogens is 1. The van der Waals surface area contributed by atoms with Gasteiger partial charge in [0.2, 0.25) is 0 Å². The number of aliphatic hydroxyl groups excluding tert-OH is 1. The highest BCUT2D eigenvalue weighted by atomic mass is 35.5. The molecule has 5 heteroatoms. The van der Waals surface area contributed by atoms with Gasteiger partial charge in [0.25, 0.3) is 5.91 Å². The van der Waals surface area contributed by atoms with Crippen LogP contribution in [-0.4, -0.2) is 29.2 Å². The molecule has 1 aromatic carbocycles. The quantitative estimate of drug-likeness (QED) is 0.735. The maximum Gasteiger partial charge on any atom is 0.251 e. The third-order valence-electron chi connectivity index (χ3n) is 4.83. The summed E-state index contributed by atoms with van der Waals surface area (Å²) in [5.74, 6) is -0.365. The molecule has 0 saturated heterocycles. The van der Waals surface area contributed by atoms with Crippen molar-refractivity contribution in [2.45, 2.75) is 76.6 Å². The lowest BCUT2D eigenvalue weighted by molar-refractivity contribution is -0.132. The Morgan fingerprint density at radius 2 is 1.96 bits per heavy atom. The van der Waals surface area contributed by atoms with Crippen molar-refractivity contribution in [1.29, 1.82) is 0 Å². The lowest BCUT2D eigenvalue weighted by atomic mass is 9.93. The molecular formula is C19H29ClN2O2. The van der Waals surface area contributed by atoms with E-state index < -0.39 is 11.6 Å². The summed E-state index contributed by atoms with van der Waals surface area (Å²) in [5.41, 5.74) is 0.302. The number of nitrogens with one attached hydrogen (secondary N) is 2. The smallest absolute Gasteiger partial charge is 0.251 e. The number of carbonyl (C=O) groups is 1. The van der Waals surface area contributed by atoms with Gasteiger partial charge in [-0.05, 0) is 51.3 Å². The second-order valence-electron chi connectivity index (χ2n) is 7.36. The molecule has 0 radical (unpaired) electrons. The average Bonchev–Trinajstić information content (AvgIpc) is 2.54. The summed E-state index contributed by atoms with van der Waals surface area (Å²) in [5, 5.41) is 17.3. The molecule has 0 heterocycles. The second-order valence-corrected chi connectivity index (χ2v) is 7.80. The lowest BCUT2D eigenvalue weighted by Crippen LogP contribution is -2.54. The number of amides is 1. The van der Waals surface area contributed by atoms with Crippen LogP contribution in [0.1, 0.15) is 58.4 Å². The fraction of sp³-hybridized carbons (Fsp3) is 0.632. The van der Waals surface area contributed by atoms with E-state index in [2.05, 4.69) is 10.6 Å². The van der Waals surface area contributed by atoms with Crippen molar-refractivity contribution in [3.8, 4) is 0 Å². The van der Waals surface area contributed by atoms with Crippen molar-refractivity contribution in [2.75, 3.05) is 0 Å². The molecule has 1 saturated carbocycles. The van der Waals surface area contributed by atoms with E-state index in [9.17, 15) is 9.90 Å². The Morgan fingerprint density at radius 3 is 2.58 bits per heavy atom. The zero-order valence-electron chi connectivity index (χ0n) is 14.8. The third kappa shape index (κ3) is 5.20. The van der Waals surface area contributed by atoms with E-state index in [4.69, 9.17) is 11.6 Å². The molecule has 2 unspecified atom stereocenters. The molecule has 1 aromatic rings. The van der Waals surface area contributed by atoms with Crippen molar-refractivity contribution in [2.24, 2.45) is 0 Å². The molecular weight excluding hydrogens is 324 g/mol. The first-order valence-corrected chi connectivity index (χ1v) is 9.19. The number of rotatable bonds is 6.